The van der Waals surface area contributed by atoms with Gasteiger partial charge in [-0.15, -0.1) is 0 Å². The number of aromatic nitrogens is 3. The molecule has 0 bridgehead atoms. The molecule has 1 aliphatic heterocycles. The SMILES string of the molecule is O=C1C[C@H](c2cc(Br)ccc2OCc2ccc(Cl)c(Cl)c2)n2ncnc2N1. The summed E-state index contributed by atoms with van der Waals surface area (Å²) in [6.07, 6.45) is 1.66. The van der Waals surface area contributed by atoms with E-state index in [-0.39, 0.29) is 18.4 Å². The second-order valence-corrected chi connectivity index (χ2v) is 7.75. The van der Waals surface area contributed by atoms with Crippen molar-refractivity contribution < 1.29 is 9.53 Å². The van der Waals surface area contributed by atoms with Gasteiger partial charge in [0.25, 0.3) is 0 Å². The molecule has 6 nitrogen and oxygen atoms in total. The Kier molecular flexibility index (Phi) is 5.08. The molecule has 0 saturated carbocycles. The highest BCUT2D eigenvalue weighted by Gasteiger charge is 2.30. The van der Waals surface area contributed by atoms with Crippen LogP contribution in [0.3, 0.4) is 0 Å². The molecule has 1 amide bonds. The number of fused-ring (bicyclic) bond motifs is 1. The van der Waals surface area contributed by atoms with Crippen molar-refractivity contribution in [3.8, 4) is 5.75 Å². The number of nitrogens with one attached hydrogen (secondary N) is 1. The first kappa shape index (κ1) is 18.3. The number of rotatable bonds is 4. The minimum absolute atomic E-state index is 0.115. The third kappa shape index (κ3) is 3.81. The minimum atomic E-state index is -0.308. The number of benzene rings is 2. The van der Waals surface area contributed by atoms with Gasteiger partial charge in [-0.1, -0.05) is 45.2 Å². The van der Waals surface area contributed by atoms with Crippen LogP contribution in [0.1, 0.15) is 23.6 Å². The number of halogens is 3. The molecule has 1 N–H and O–H groups in total. The highest BCUT2D eigenvalue weighted by Crippen LogP contribution is 2.36. The average molecular weight is 468 g/mol. The molecule has 0 fully saturated rings. The minimum Gasteiger partial charge on any atom is -0.489 e. The number of hydrogen-bond acceptors (Lipinski definition) is 4. The van der Waals surface area contributed by atoms with Gasteiger partial charge >= 0.3 is 0 Å². The molecule has 2 aromatic carbocycles. The van der Waals surface area contributed by atoms with E-state index in [1.807, 2.05) is 24.3 Å². The van der Waals surface area contributed by atoms with Gasteiger partial charge in [0.2, 0.25) is 11.9 Å². The summed E-state index contributed by atoms with van der Waals surface area (Å²) in [6, 6.07) is 10.7. The third-order valence-corrected chi connectivity index (χ3v) is 5.44. The molecule has 2 heterocycles. The smallest absolute Gasteiger partial charge is 0.229 e. The number of anilines is 1. The van der Waals surface area contributed by atoms with Gasteiger partial charge < -0.3 is 4.74 Å². The molecule has 0 spiro atoms. The highest BCUT2D eigenvalue weighted by atomic mass is 79.9. The lowest BCUT2D eigenvalue weighted by Crippen LogP contribution is -2.29. The van der Waals surface area contributed by atoms with Gasteiger partial charge in [0.05, 0.1) is 22.5 Å². The molecule has 0 aliphatic carbocycles. The molecule has 3 aromatic rings. The maximum absolute atomic E-state index is 12.1. The second-order valence-electron chi connectivity index (χ2n) is 6.02. The first-order valence-corrected chi connectivity index (χ1v) is 9.61. The van der Waals surface area contributed by atoms with Gasteiger partial charge in [-0.3, -0.25) is 10.1 Å². The Balaban J connectivity index is 1.65. The predicted octanol–water partition coefficient (Wildman–Crippen LogP) is 4.86. The van der Waals surface area contributed by atoms with Crippen molar-refractivity contribution >= 4 is 51.0 Å². The predicted molar refractivity (Wildman–Crippen MR) is 106 cm³/mol. The summed E-state index contributed by atoms with van der Waals surface area (Å²) in [5.74, 6) is 0.966. The van der Waals surface area contributed by atoms with Gasteiger partial charge in [0.1, 0.15) is 18.7 Å². The standard InChI is InChI=1S/C18H13BrCl2N4O2/c19-11-2-4-16(27-8-10-1-3-13(20)14(21)5-10)12(6-11)15-7-17(26)24-18-22-9-23-25(15)18/h1-6,9,15H,7-8H2,(H,22,23,24,26)/t15-/m1/s1. The van der Waals surface area contributed by atoms with E-state index in [1.165, 1.54) is 6.33 Å². The van der Waals surface area contributed by atoms with Gasteiger partial charge in [-0.05, 0) is 35.9 Å². The molecule has 27 heavy (non-hydrogen) atoms. The number of hydrogen-bond donors (Lipinski definition) is 1. The van der Waals surface area contributed by atoms with Gasteiger partial charge in [-0.25, -0.2) is 4.68 Å². The lowest BCUT2D eigenvalue weighted by Gasteiger charge is -2.25. The molecule has 0 radical (unpaired) electrons. The zero-order valence-corrected chi connectivity index (χ0v) is 16.9. The molecular weight excluding hydrogens is 455 g/mol. The van der Waals surface area contributed by atoms with Crippen molar-refractivity contribution in [1.82, 2.24) is 14.8 Å². The van der Waals surface area contributed by atoms with E-state index < -0.39 is 0 Å². The van der Waals surface area contributed by atoms with E-state index in [0.717, 1.165) is 15.6 Å². The van der Waals surface area contributed by atoms with Crippen molar-refractivity contribution in [3.63, 3.8) is 0 Å². The topological polar surface area (TPSA) is 69.0 Å². The Labute approximate surface area is 173 Å². The van der Waals surface area contributed by atoms with Crippen LogP contribution in [0, 0.1) is 0 Å². The normalized spacial score (nSPS) is 16.0. The number of nitrogens with zero attached hydrogens (tertiary/aromatic N) is 3. The van der Waals surface area contributed by atoms with E-state index in [9.17, 15) is 4.79 Å². The summed E-state index contributed by atoms with van der Waals surface area (Å²) in [6.45, 7) is 0.314. The van der Waals surface area contributed by atoms with Crippen molar-refractivity contribution in [2.45, 2.75) is 19.1 Å². The Bertz CT molecular complexity index is 1020. The zero-order chi connectivity index (χ0) is 19.0. The van der Waals surface area contributed by atoms with E-state index in [2.05, 4.69) is 31.3 Å². The Hall–Kier alpha value is -2.09. The Morgan fingerprint density at radius 3 is 2.89 bits per heavy atom. The van der Waals surface area contributed by atoms with Crippen LogP contribution in [-0.2, 0) is 11.4 Å². The second kappa shape index (κ2) is 7.50. The molecule has 138 valence electrons. The van der Waals surface area contributed by atoms with E-state index in [0.29, 0.717) is 28.3 Å². The lowest BCUT2D eigenvalue weighted by atomic mass is 10.0. The largest absolute Gasteiger partial charge is 0.489 e. The quantitative estimate of drug-likeness (QED) is 0.594. The van der Waals surface area contributed by atoms with Gasteiger partial charge in [0, 0.05) is 10.0 Å². The Morgan fingerprint density at radius 1 is 1.22 bits per heavy atom. The summed E-state index contributed by atoms with van der Waals surface area (Å²) >= 11 is 15.5. The van der Waals surface area contributed by atoms with Gasteiger partial charge in [0.15, 0.2) is 0 Å². The van der Waals surface area contributed by atoms with E-state index in [4.69, 9.17) is 27.9 Å². The molecule has 0 saturated heterocycles. The molecule has 0 unspecified atom stereocenters. The summed E-state index contributed by atoms with van der Waals surface area (Å²) in [5.41, 5.74) is 1.73. The van der Waals surface area contributed by atoms with Crippen LogP contribution < -0.4 is 10.1 Å². The van der Waals surface area contributed by atoms with Gasteiger partial charge in [-0.2, -0.15) is 10.1 Å². The van der Waals surface area contributed by atoms with Crippen LogP contribution >= 0.6 is 39.1 Å². The molecule has 1 atom stereocenters. The lowest BCUT2D eigenvalue weighted by molar-refractivity contribution is -0.117. The van der Waals surface area contributed by atoms with Crippen molar-refractivity contribution in [1.29, 1.82) is 0 Å². The fourth-order valence-corrected chi connectivity index (χ4v) is 3.65. The highest BCUT2D eigenvalue weighted by molar-refractivity contribution is 9.10. The van der Waals surface area contributed by atoms with Crippen LogP contribution in [-0.4, -0.2) is 20.7 Å². The van der Waals surface area contributed by atoms with Crippen LogP contribution in [0.5, 0.6) is 5.75 Å². The van der Waals surface area contributed by atoms with Crippen molar-refractivity contribution in [3.05, 3.63) is 68.4 Å². The third-order valence-electron chi connectivity index (χ3n) is 4.21. The maximum Gasteiger partial charge on any atom is 0.229 e. The number of amides is 1. The average Bonchev–Trinajstić information content (AvgIpc) is 3.11. The number of carbonyl (C=O) groups is 1. The van der Waals surface area contributed by atoms with E-state index >= 15 is 0 Å². The number of carbonyl (C=O) groups excluding carboxylic acids is 1. The fourth-order valence-electron chi connectivity index (χ4n) is 2.95. The summed E-state index contributed by atoms with van der Waals surface area (Å²) in [5, 5.41) is 7.93. The zero-order valence-electron chi connectivity index (χ0n) is 13.8. The van der Waals surface area contributed by atoms with Crippen molar-refractivity contribution in [2.24, 2.45) is 0 Å². The van der Waals surface area contributed by atoms with Crippen molar-refractivity contribution in [2.75, 3.05) is 5.32 Å². The van der Waals surface area contributed by atoms with E-state index in [1.54, 1.807) is 16.8 Å². The Morgan fingerprint density at radius 2 is 2.07 bits per heavy atom. The number of ether oxygens (including phenoxy) is 1. The molecule has 1 aliphatic rings. The summed E-state index contributed by atoms with van der Waals surface area (Å²) in [4.78, 5) is 16.2. The van der Waals surface area contributed by atoms with Crippen LogP contribution in [0.25, 0.3) is 0 Å². The monoisotopic (exact) mass is 466 g/mol. The summed E-state index contributed by atoms with van der Waals surface area (Å²) < 4.78 is 8.61. The summed E-state index contributed by atoms with van der Waals surface area (Å²) in [7, 11) is 0. The van der Waals surface area contributed by atoms with Crippen LogP contribution in [0.4, 0.5) is 5.95 Å². The first-order chi connectivity index (χ1) is 13.0. The molecular formula is C18H13BrCl2N4O2. The maximum atomic E-state index is 12.1. The van der Waals surface area contributed by atoms with Crippen LogP contribution in [0.2, 0.25) is 10.0 Å². The first-order valence-electron chi connectivity index (χ1n) is 8.07. The molecule has 1 aromatic heterocycles. The molecule has 4 rings (SSSR count). The fraction of sp³-hybridized carbons (Fsp3) is 0.167. The molecule has 9 heteroatoms. The van der Waals surface area contributed by atoms with Crippen LogP contribution in [0.15, 0.2) is 47.2 Å².